The molecule has 1 fully saturated rings. The SMILES string of the molecule is CCN(C[C@@H]1CC[C@H](C)[C@H]1Nc1nc2c(-c3ccc(C(F)(F)C(F)(F)F)cc3)cccn2n1)c1cc(C)ns1. The van der Waals surface area contributed by atoms with Crippen molar-refractivity contribution in [1.82, 2.24) is 19.0 Å². The number of alkyl halides is 5. The number of pyridine rings is 1. The van der Waals surface area contributed by atoms with E-state index in [2.05, 4.69) is 44.6 Å². The molecule has 0 aliphatic heterocycles. The lowest BCUT2D eigenvalue weighted by atomic mass is 9.98. The first-order valence-electron chi connectivity index (χ1n) is 12.8. The van der Waals surface area contributed by atoms with E-state index in [-0.39, 0.29) is 6.04 Å². The molecular formula is C27H29F5N6S. The molecule has 12 heteroatoms. The van der Waals surface area contributed by atoms with Gasteiger partial charge in [-0.3, -0.25) is 0 Å². The number of rotatable bonds is 8. The summed E-state index contributed by atoms with van der Waals surface area (Å²) in [5, 5.41) is 9.28. The molecular weight excluding hydrogens is 535 g/mol. The van der Waals surface area contributed by atoms with Crippen LogP contribution < -0.4 is 10.2 Å². The molecule has 208 valence electrons. The van der Waals surface area contributed by atoms with E-state index in [1.807, 2.05) is 6.92 Å². The Morgan fingerprint density at radius 2 is 1.85 bits per heavy atom. The van der Waals surface area contributed by atoms with E-state index in [1.54, 1.807) is 22.8 Å². The third-order valence-electron chi connectivity index (χ3n) is 7.45. The molecule has 3 aromatic heterocycles. The molecule has 6 nitrogen and oxygen atoms in total. The van der Waals surface area contributed by atoms with Crippen molar-refractivity contribution < 1.29 is 22.0 Å². The van der Waals surface area contributed by atoms with Gasteiger partial charge in [-0.25, -0.2) is 4.52 Å². The van der Waals surface area contributed by atoms with Crippen LogP contribution in [0.15, 0.2) is 48.7 Å². The summed E-state index contributed by atoms with van der Waals surface area (Å²) in [6.45, 7) is 8.10. The summed E-state index contributed by atoms with van der Waals surface area (Å²) in [4.78, 5) is 7.03. The number of fused-ring (bicyclic) bond motifs is 1. The summed E-state index contributed by atoms with van der Waals surface area (Å²) >= 11 is 1.51. The first-order chi connectivity index (χ1) is 18.5. The van der Waals surface area contributed by atoms with Crippen LogP contribution in [0.4, 0.5) is 32.9 Å². The number of hydrogen-bond acceptors (Lipinski definition) is 6. The van der Waals surface area contributed by atoms with E-state index in [9.17, 15) is 22.0 Å². The van der Waals surface area contributed by atoms with Crippen LogP contribution >= 0.6 is 11.5 Å². The molecule has 5 rings (SSSR count). The second-order valence-corrected chi connectivity index (χ2v) is 10.9. The maximum absolute atomic E-state index is 13.7. The Bertz CT molecular complexity index is 1430. The lowest BCUT2D eigenvalue weighted by Gasteiger charge is -2.29. The molecule has 3 heterocycles. The molecule has 1 saturated carbocycles. The van der Waals surface area contributed by atoms with Gasteiger partial charge in [0.25, 0.3) is 0 Å². The predicted molar refractivity (Wildman–Crippen MR) is 142 cm³/mol. The molecule has 4 aromatic rings. The minimum absolute atomic E-state index is 0.151. The van der Waals surface area contributed by atoms with Gasteiger partial charge in [0.05, 0.1) is 5.69 Å². The molecule has 1 aliphatic carbocycles. The number of benzene rings is 1. The maximum Gasteiger partial charge on any atom is 0.458 e. The van der Waals surface area contributed by atoms with Gasteiger partial charge in [-0.2, -0.15) is 31.3 Å². The number of nitrogens with zero attached hydrogens (tertiary/aromatic N) is 5. The molecule has 1 N–H and O–H groups in total. The van der Waals surface area contributed by atoms with E-state index in [0.29, 0.717) is 34.6 Å². The third-order valence-corrected chi connectivity index (χ3v) is 8.39. The van der Waals surface area contributed by atoms with Crippen LogP contribution in [0.3, 0.4) is 0 Å². The first-order valence-corrected chi connectivity index (χ1v) is 13.6. The maximum atomic E-state index is 13.7. The van der Waals surface area contributed by atoms with Gasteiger partial charge in [-0.05, 0) is 73.8 Å². The Morgan fingerprint density at radius 1 is 1.10 bits per heavy atom. The molecule has 0 amide bonds. The Morgan fingerprint density at radius 3 is 2.49 bits per heavy atom. The monoisotopic (exact) mass is 564 g/mol. The van der Waals surface area contributed by atoms with Crippen molar-refractivity contribution >= 4 is 28.1 Å². The second kappa shape index (κ2) is 10.4. The largest absolute Gasteiger partial charge is 0.458 e. The van der Waals surface area contributed by atoms with Gasteiger partial charge < -0.3 is 10.2 Å². The molecule has 1 aromatic carbocycles. The van der Waals surface area contributed by atoms with Gasteiger partial charge in [0.2, 0.25) is 5.95 Å². The first kappa shape index (κ1) is 27.3. The molecule has 1 aliphatic rings. The summed E-state index contributed by atoms with van der Waals surface area (Å²) in [5.74, 6) is -3.70. The Hall–Kier alpha value is -3.28. The van der Waals surface area contributed by atoms with Gasteiger partial charge in [-0.1, -0.05) is 31.2 Å². The highest BCUT2D eigenvalue weighted by atomic mass is 32.1. The van der Waals surface area contributed by atoms with Crippen LogP contribution in [0.2, 0.25) is 0 Å². The average Bonchev–Trinajstić information content (AvgIpc) is 3.61. The number of hydrogen-bond donors (Lipinski definition) is 1. The molecule has 3 atom stereocenters. The highest BCUT2D eigenvalue weighted by molar-refractivity contribution is 7.10. The van der Waals surface area contributed by atoms with Crippen molar-refractivity contribution in [3.8, 4) is 11.1 Å². The van der Waals surface area contributed by atoms with Crippen molar-refractivity contribution in [2.45, 2.75) is 51.8 Å². The number of nitrogens with one attached hydrogen (secondary N) is 1. The zero-order valence-corrected chi connectivity index (χ0v) is 22.5. The van der Waals surface area contributed by atoms with Crippen molar-refractivity contribution in [3.05, 3.63) is 59.9 Å². The van der Waals surface area contributed by atoms with E-state index in [4.69, 9.17) is 0 Å². The van der Waals surface area contributed by atoms with Gasteiger partial charge in [-0.15, -0.1) is 5.10 Å². The lowest BCUT2D eigenvalue weighted by molar-refractivity contribution is -0.289. The number of aryl methyl sites for hydroxylation is 1. The topological polar surface area (TPSA) is 58.4 Å². The summed E-state index contributed by atoms with van der Waals surface area (Å²) in [6.07, 6.45) is -1.79. The zero-order valence-electron chi connectivity index (χ0n) is 21.7. The Balaban J connectivity index is 1.38. The number of halogens is 5. The van der Waals surface area contributed by atoms with Gasteiger partial charge in [0, 0.05) is 36.5 Å². The summed E-state index contributed by atoms with van der Waals surface area (Å²) in [7, 11) is 0. The molecule has 0 radical (unpaired) electrons. The predicted octanol–water partition coefficient (Wildman–Crippen LogP) is 7.17. The van der Waals surface area contributed by atoms with Crippen LogP contribution in [0.5, 0.6) is 0 Å². The van der Waals surface area contributed by atoms with E-state index in [1.165, 1.54) is 23.7 Å². The smallest absolute Gasteiger partial charge is 0.362 e. The van der Waals surface area contributed by atoms with Gasteiger partial charge >= 0.3 is 12.1 Å². The van der Waals surface area contributed by atoms with Crippen molar-refractivity contribution in [2.24, 2.45) is 11.8 Å². The average molecular weight is 565 g/mol. The Labute approximate surface area is 227 Å². The van der Waals surface area contributed by atoms with E-state index < -0.39 is 17.7 Å². The summed E-state index contributed by atoms with van der Waals surface area (Å²) < 4.78 is 71.8. The minimum atomic E-state index is -5.66. The highest BCUT2D eigenvalue weighted by Crippen LogP contribution is 2.44. The standard InChI is InChI=1S/C27H29F5N6S/c1-4-37(22-14-17(3)36-39-22)15-19-8-7-16(2)23(19)33-25-34-24-21(6-5-13-38(24)35-25)18-9-11-20(12-10-18)26(28,29)27(30,31)32/h5-6,9-14,16,19,23H,4,7-8,15H2,1-3H3,(H,33,35)/t16-,19-,23+/m0/s1. The van der Waals surface area contributed by atoms with Crippen molar-refractivity contribution in [2.75, 3.05) is 23.3 Å². The van der Waals surface area contributed by atoms with Crippen LogP contribution in [-0.4, -0.2) is 44.3 Å². The summed E-state index contributed by atoms with van der Waals surface area (Å²) in [6, 6.07) is 9.84. The fourth-order valence-electron chi connectivity index (χ4n) is 5.29. The van der Waals surface area contributed by atoms with Gasteiger partial charge in [0.1, 0.15) is 5.00 Å². The van der Waals surface area contributed by atoms with E-state index >= 15 is 0 Å². The fourth-order valence-corrected chi connectivity index (χ4v) is 6.12. The normalized spacial score (nSPS) is 20.1. The van der Waals surface area contributed by atoms with Crippen LogP contribution in [0, 0.1) is 18.8 Å². The van der Waals surface area contributed by atoms with Crippen LogP contribution in [0.1, 0.15) is 37.9 Å². The van der Waals surface area contributed by atoms with Crippen LogP contribution in [0.25, 0.3) is 16.8 Å². The molecule has 39 heavy (non-hydrogen) atoms. The quantitative estimate of drug-likeness (QED) is 0.230. The molecule has 0 unspecified atom stereocenters. The van der Waals surface area contributed by atoms with Crippen LogP contribution in [-0.2, 0) is 5.92 Å². The van der Waals surface area contributed by atoms with E-state index in [0.717, 1.165) is 48.8 Å². The van der Waals surface area contributed by atoms with Gasteiger partial charge in [0.15, 0.2) is 5.65 Å². The number of aromatic nitrogens is 4. The molecule has 0 bridgehead atoms. The minimum Gasteiger partial charge on any atom is -0.362 e. The highest BCUT2D eigenvalue weighted by Gasteiger charge is 2.58. The fraction of sp³-hybridized carbons (Fsp3) is 0.444. The number of anilines is 2. The second-order valence-electron chi connectivity index (χ2n) is 10.1. The molecule has 0 saturated heterocycles. The summed E-state index contributed by atoms with van der Waals surface area (Å²) in [5.41, 5.74) is 1.43. The molecule has 0 spiro atoms. The van der Waals surface area contributed by atoms with Crippen molar-refractivity contribution in [1.29, 1.82) is 0 Å². The Kier molecular flexibility index (Phi) is 7.25. The zero-order chi connectivity index (χ0) is 27.9. The lowest BCUT2D eigenvalue weighted by Crippen LogP contribution is -2.38. The third kappa shape index (κ3) is 5.30. The van der Waals surface area contributed by atoms with Crippen molar-refractivity contribution in [3.63, 3.8) is 0 Å².